The van der Waals surface area contributed by atoms with E-state index in [1.165, 1.54) is 24.3 Å². The lowest BCUT2D eigenvalue weighted by Crippen LogP contribution is -2.01. The van der Waals surface area contributed by atoms with Crippen molar-refractivity contribution in [3.63, 3.8) is 0 Å². The summed E-state index contributed by atoms with van der Waals surface area (Å²) in [5, 5.41) is 34.7. The number of benzene rings is 3. The average molecular weight is 425 g/mol. The molecule has 0 spiro atoms. The van der Waals surface area contributed by atoms with Crippen LogP contribution in [0.15, 0.2) is 59.6 Å². The predicted molar refractivity (Wildman–Crippen MR) is 109 cm³/mol. The van der Waals surface area contributed by atoms with Crippen LogP contribution in [0, 0.1) is 30.3 Å². The van der Waals surface area contributed by atoms with Crippen molar-refractivity contribution in [3.8, 4) is 11.1 Å². The first-order chi connectivity index (χ1) is 14.3. The van der Waals surface area contributed by atoms with Gasteiger partial charge in [-0.15, -0.1) is 0 Å². The Balaban J connectivity index is 2.07. The van der Waals surface area contributed by atoms with E-state index in [9.17, 15) is 30.3 Å². The Labute approximate surface area is 172 Å². The van der Waals surface area contributed by atoms with Crippen LogP contribution in [0.4, 0.5) is 22.7 Å². The average Bonchev–Trinajstić information content (AvgIpc) is 3.01. The molecule has 30 heavy (non-hydrogen) atoms. The maximum atomic E-state index is 11.6. The largest absolute Gasteiger partial charge is 0.284 e. The number of nitro groups is 3. The van der Waals surface area contributed by atoms with Gasteiger partial charge in [-0.3, -0.25) is 30.3 Å². The molecule has 148 valence electrons. The van der Waals surface area contributed by atoms with Crippen molar-refractivity contribution >= 4 is 40.1 Å². The van der Waals surface area contributed by atoms with Crippen LogP contribution in [0.25, 0.3) is 11.1 Å². The topological polar surface area (TPSA) is 142 Å². The van der Waals surface area contributed by atoms with Crippen molar-refractivity contribution in [2.24, 2.45) is 4.99 Å². The van der Waals surface area contributed by atoms with Gasteiger partial charge in [0, 0.05) is 34.3 Å². The third kappa shape index (κ3) is 3.14. The van der Waals surface area contributed by atoms with E-state index in [2.05, 4.69) is 4.99 Å². The predicted octanol–water partition coefficient (Wildman–Crippen LogP) is 5.21. The Kier molecular flexibility index (Phi) is 4.47. The highest BCUT2D eigenvalue weighted by atomic mass is 35.5. The maximum Gasteiger partial charge on any atom is 0.284 e. The van der Waals surface area contributed by atoms with Crippen LogP contribution in [0.2, 0.25) is 5.02 Å². The van der Waals surface area contributed by atoms with Crippen LogP contribution >= 0.6 is 11.6 Å². The molecule has 0 N–H and O–H groups in total. The lowest BCUT2D eigenvalue weighted by molar-refractivity contribution is -0.393. The van der Waals surface area contributed by atoms with Crippen LogP contribution in [0.3, 0.4) is 0 Å². The molecule has 1 aliphatic rings. The van der Waals surface area contributed by atoms with Crippen LogP contribution in [-0.2, 0) is 0 Å². The molecule has 10 nitrogen and oxygen atoms in total. The van der Waals surface area contributed by atoms with Gasteiger partial charge in [0.15, 0.2) is 0 Å². The highest BCUT2D eigenvalue weighted by Gasteiger charge is 2.35. The molecule has 0 atom stereocenters. The molecule has 0 saturated carbocycles. The SMILES string of the molecule is O=[N+]([O-])c1ccc2c(c1)C(=Nc1ccc(Cl)cc1)c1cc([N+](=O)[O-])cc([N+](=O)[O-])c1-2. The third-order valence-corrected chi connectivity index (χ3v) is 4.82. The molecule has 0 radical (unpaired) electrons. The Morgan fingerprint density at radius 2 is 1.33 bits per heavy atom. The molecule has 0 aliphatic heterocycles. The number of fused-ring (bicyclic) bond motifs is 3. The molecule has 0 fully saturated rings. The fraction of sp³-hybridized carbons (Fsp3) is 0. The maximum absolute atomic E-state index is 11.6. The molecule has 0 unspecified atom stereocenters. The molecule has 3 aromatic carbocycles. The Bertz CT molecular complexity index is 1290. The number of aliphatic imine (C=N–C) groups is 1. The summed E-state index contributed by atoms with van der Waals surface area (Å²) in [4.78, 5) is 36.6. The molecule has 3 aromatic rings. The molecule has 4 rings (SSSR count). The first-order valence-electron chi connectivity index (χ1n) is 8.37. The summed E-state index contributed by atoms with van der Waals surface area (Å²) in [5.41, 5.74) is 0.295. The van der Waals surface area contributed by atoms with Crippen molar-refractivity contribution in [1.82, 2.24) is 0 Å². The molecule has 11 heteroatoms. The fourth-order valence-corrected chi connectivity index (χ4v) is 3.43. The zero-order chi connectivity index (χ0) is 21.6. The highest BCUT2D eigenvalue weighted by Crippen LogP contribution is 2.46. The van der Waals surface area contributed by atoms with E-state index in [4.69, 9.17) is 11.6 Å². The van der Waals surface area contributed by atoms with E-state index >= 15 is 0 Å². The summed E-state index contributed by atoms with van der Waals surface area (Å²) < 4.78 is 0. The Hall–Kier alpha value is -4.18. The zero-order valence-corrected chi connectivity index (χ0v) is 15.6. The molecule has 1 aliphatic carbocycles. The molecule has 0 saturated heterocycles. The van der Waals surface area contributed by atoms with Crippen molar-refractivity contribution in [1.29, 1.82) is 0 Å². The normalized spacial score (nSPS) is 13.0. The number of rotatable bonds is 4. The first-order valence-corrected chi connectivity index (χ1v) is 8.74. The lowest BCUT2D eigenvalue weighted by Gasteiger charge is -2.03. The number of hydrogen-bond acceptors (Lipinski definition) is 7. The summed E-state index contributed by atoms with van der Waals surface area (Å²) in [6, 6.07) is 12.3. The quantitative estimate of drug-likeness (QED) is 0.325. The molecular formula is C19H9ClN4O6. The van der Waals surface area contributed by atoms with E-state index < -0.39 is 26.1 Å². The van der Waals surface area contributed by atoms with Crippen molar-refractivity contribution < 1.29 is 14.8 Å². The smallest absolute Gasteiger partial charge is 0.258 e. The van der Waals surface area contributed by atoms with Gasteiger partial charge >= 0.3 is 0 Å². The van der Waals surface area contributed by atoms with Gasteiger partial charge in [0.25, 0.3) is 17.1 Å². The lowest BCUT2D eigenvalue weighted by atomic mass is 10.0. The molecule has 0 amide bonds. The van der Waals surface area contributed by atoms with E-state index in [1.54, 1.807) is 24.3 Å². The van der Waals surface area contributed by atoms with Gasteiger partial charge in [-0.05, 0) is 35.9 Å². The van der Waals surface area contributed by atoms with E-state index in [0.29, 0.717) is 16.3 Å². The second-order valence-corrected chi connectivity index (χ2v) is 6.76. The number of non-ortho nitro benzene ring substituents is 2. The van der Waals surface area contributed by atoms with E-state index in [-0.39, 0.29) is 28.1 Å². The molecule has 0 aromatic heterocycles. The minimum Gasteiger partial charge on any atom is -0.258 e. The van der Waals surface area contributed by atoms with Gasteiger partial charge < -0.3 is 0 Å². The number of nitro benzene ring substituents is 3. The highest BCUT2D eigenvalue weighted by molar-refractivity contribution is 6.30. The van der Waals surface area contributed by atoms with Gasteiger partial charge in [-0.2, -0.15) is 0 Å². The van der Waals surface area contributed by atoms with Crippen LogP contribution in [0.1, 0.15) is 11.1 Å². The van der Waals surface area contributed by atoms with Gasteiger partial charge in [-0.25, -0.2) is 4.99 Å². The van der Waals surface area contributed by atoms with Crippen LogP contribution < -0.4 is 0 Å². The van der Waals surface area contributed by atoms with Crippen molar-refractivity contribution in [3.05, 3.63) is 101 Å². The van der Waals surface area contributed by atoms with Gasteiger partial charge in [0.05, 0.1) is 37.8 Å². The van der Waals surface area contributed by atoms with Gasteiger partial charge in [0.2, 0.25) is 0 Å². The molecule has 0 heterocycles. The third-order valence-electron chi connectivity index (χ3n) is 4.57. The summed E-state index contributed by atoms with van der Waals surface area (Å²) >= 11 is 5.88. The monoisotopic (exact) mass is 424 g/mol. The zero-order valence-electron chi connectivity index (χ0n) is 14.8. The van der Waals surface area contributed by atoms with E-state index in [0.717, 1.165) is 6.07 Å². The van der Waals surface area contributed by atoms with Crippen LogP contribution in [0.5, 0.6) is 0 Å². The first kappa shape index (κ1) is 19.2. The Morgan fingerprint density at radius 3 is 1.93 bits per heavy atom. The molecular weight excluding hydrogens is 416 g/mol. The minimum absolute atomic E-state index is 0.128. The van der Waals surface area contributed by atoms with Gasteiger partial charge in [-0.1, -0.05) is 11.6 Å². The van der Waals surface area contributed by atoms with Crippen molar-refractivity contribution in [2.45, 2.75) is 0 Å². The van der Waals surface area contributed by atoms with Crippen LogP contribution in [-0.4, -0.2) is 20.5 Å². The van der Waals surface area contributed by atoms with Crippen molar-refractivity contribution in [2.75, 3.05) is 0 Å². The minimum atomic E-state index is -0.737. The number of halogens is 1. The standard InChI is InChI=1S/C19H9ClN4O6/c20-10-1-3-11(4-2-10)21-19-15-7-12(22(25)26)5-6-14(15)18-16(19)8-13(23(27)28)9-17(18)24(29)30/h1-9H. The second kappa shape index (κ2) is 7.01. The van der Waals surface area contributed by atoms with Gasteiger partial charge in [0.1, 0.15) is 0 Å². The number of nitrogens with zero attached hydrogens (tertiary/aromatic N) is 4. The summed E-state index contributed by atoms with van der Waals surface area (Å²) in [7, 11) is 0. The second-order valence-electron chi connectivity index (χ2n) is 6.33. The van der Waals surface area contributed by atoms with E-state index in [1.807, 2.05) is 0 Å². The number of hydrogen-bond donors (Lipinski definition) is 0. The summed E-state index contributed by atoms with van der Waals surface area (Å²) in [6.07, 6.45) is 0. The Morgan fingerprint density at radius 1 is 0.700 bits per heavy atom. The molecule has 0 bridgehead atoms. The summed E-state index contributed by atoms with van der Waals surface area (Å²) in [6.45, 7) is 0. The summed E-state index contributed by atoms with van der Waals surface area (Å²) in [5.74, 6) is 0. The fourth-order valence-electron chi connectivity index (χ4n) is 3.30.